The Morgan fingerprint density at radius 3 is 2.07 bits per heavy atom. The van der Waals surface area contributed by atoms with Gasteiger partial charge in [-0.15, -0.1) is 17.5 Å². The molecule has 0 radical (unpaired) electrons. The van der Waals surface area contributed by atoms with Crippen LogP contribution < -0.4 is 0 Å². The van der Waals surface area contributed by atoms with Crippen LogP contribution >= 0.6 is 12.4 Å². The number of hydrogen-bond donors (Lipinski definition) is 0. The molecule has 0 bridgehead atoms. The predicted molar refractivity (Wildman–Crippen MR) is 121 cm³/mol. The van der Waals surface area contributed by atoms with E-state index in [1.807, 2.05) is 0 Å². The zero-order valence-electron chi connectivity index (χ0n) is 18.1. The van der Waals surface area contributed by atoms with Crippen molar-refractivity contribution in [2.75, 3.05) is 26.2 Å². The molecule has 6 nitrogen and oxygen atoms in total. The van der Waals surface area contributed by atoms with Crippen molar-refractivity contribution in [1.82, 2.24) is 30.0 Å². The predicted octanol–water partition coefficient (Wildman–Crippen LogP) is 4.17. The summed E-state index contributed by atoms with van der Waals surface area (Å²) in [6, 6.07) is 10.4. The van der Waals surface area contributed by atoms with E-state index in [2.05, 4.69) is 61.2 Å². The number of tetrazole rings is 1. The first-order valence-corrected chi connectivity index (χ1v) is 11.6. The van der Waals surface area contributed by atoms with Gasteiger partial charge in [0.05, 0.1) is 12.1 Å². The number of hydrogen-bond acceptors (Lipinski definition) is 5. The summed E-state index contributed by atoms with van der Waals surface area (Å²) in [5.41, 5.74) is 2.62. The zero-order chi connectivity index (χ0) is 19.6. The van der Waals surface area contributed by atoms with E-state index >= 15 is 0 Å². The molecule has 1 aromatic heterocycles. The fourth-order valence-electron chi connectivity index (χ4n) is 5.69. The highest BCUT2D eigenvalue weighted by atomic mass is 35.5. The molecule has 2 saturated carbocycles. The van der Waals surface area contributed by atoms with Gasteiger partial charge in [-0.25, -0.2) is 4.68 Å². The topological polar surface area (TPSA) is 50.1 Å². The minimum absolute atomic E-state index is 0. The third-order valence-corrected chi connectivity index (χ3v) is 7.38. The second kappa shape index (κ2) is 9.75. The summed E-state index contributed by atoms with van der Waals surface area (Å²) in [5.74, 6) is 1.04. The van der Waals surface area contributed by atoms with E-state index in [4.69, 9.17) is 0 Å². The Hall–Kier alpha value is -1.50. The summed E-state index contributed by atoms with van der Waals surface area (Å²) in [7, 11) is 0. The maximum Gasteiger partial charge on any atom is 0.173 e. The minimum atomic E-state index is 0. The van der Waals surface area contributed by atoms with Gasteiger partial charge < -0.3 is 0 Å². The second-order valence-electron chi connectivity index (χ2n) is 9.24. The molecule has 0 spiro atoms. The van der Waals surface area contributed by atoms with Crippen molar-refractivity contribution in [1.29, 1.82) is 0 Å². The van der Waals surface area contributed by atoms with Crippen LogP contribution in [0.25, 0.3) is 0 Å². The molecule has 2 aromatic rings. The molecule has 1 saturated heterocycles. The van der Waals surface area contributed by atoms with E-state index in [9.17, 15) is 0 Å². The molecule has 2 aliphatic carbocycles. The quantitative estimate of drug-likeness (QED) is 0.712. The molecule has 0 N–H and O–H groups in total. The lowest BCUT2D eigenvalue weighted by Gasteiger charge is -2.41. The van der Waals surface area contributed by atoms with Crippen LogP contribution in [0.4, 0.5) is 0 Å². The van der Waals surface area contributed by atoms with Gasteiger partial charge >= 0.3 is 0 Å². The average Bonchev–Trinajstić information content (AvgIpc) is 3.52. The summed E-state index contributed by atoms with van der Waals surface area (Å²) in [4.78, 5) is 5.35. The fourth-order valence-corrected chi connectivity index (χ4v) is 5.69. The summed E-state index contributed by atoms with van der Waals surface area (Å²) >= 11 is 0. The van der Waals surface area contributed by atoms with Gasteiger partial charge in [0.1, 0.15) is 0 Å². The van der Waals surface area contributed by atoms with Crippen molar-refractivity contribution < 1.29 is 0 Å². The van der Waals surface area contributed by atoms with Crippen LogP contribution in [-0.2, 0) is 0 Å². The van der Waals surface area contributed by atoms with Gasteiger partial charge in [0.15, 0.2) is 5.82 Å². The lowest BCUT2D eigenvalue weighted by atomic mass is 10.0. The Morgan fingerprint density at radius 2 is 1.43 bits per heavy atom. The standard InChI is InChI=1S/C23H34N6.ClH/c1-18-10-12-19(13-11-18)22(23-24-25-26-29(23)21-8-4-5-9-21)28-16-14-27(15-17-28)20-6-2-3-7-20;/h10-13,20-22H,2-9,14-17H2,1H3;1H. The van der Waals surface area contributed by atoms with E-state index in [1.54, 1.807) is 0 Å². The summed E-state index contributed by atoms with van der Waals surface area (Å²) < 4.78 is 2.15. The summed E-state index contributed by atoms with van der Waals surface area (Å²) in [6.07, 6.45) is 10.6. The van der Waals surface area contributed by atoms with Crippen molar-refractivity contribution in [3.63, 3.8) is 0 Å². The molecule has 0 amide bonds. The lowest BCUT2D eigenvalue weighted by Crippen LogP contribution is -2.51. The van der Waals surface area contributed by atoms with E-state index < -0.39 is 0 Å². The third kappa shape index (κ3) is 4.41. The maximum absolute atomic E-state index is 4.58. The van der Waals surface area contributed by atoms with Gasteiger partial charge in [-0.1, -0.05) is 55.5 Å². The van der Waals surface area contributed by atoms with E-state index in [-0.39, 0.29) is 18.4 Å². The smallest absolute Gasteiger partial charge is 0.173 e. The van der Waals surface area contributed by atoms with Crippen LogP contribution in [0.2, 0.25) is 0 Å². The van der Waals surface area contributed by atoms with Crippen LogP contribution in [0, 0.1) is 6.92 Å². The Balaban J connectivity index is 0.00000218. The van der Waals surface area contributed by atoms with Crippen molar-refractivity contribution in [3.8, 4) is 0 Å². The third-order valence-electron chi connectivity index (χ3n) is 7.38. The van der Waals surface area contributed by atoms with Gasteiger partial charge in [-0.2, -0.15) is 0 Å². The van der Waals surface area contributed by atoms with Crippen molar-refractivity contribution in [2.24, 2.45) is 0 Å². The largest absolute Gasteiger partial charge is 0.298 e. The molecule has 3 fully saturated rings. The first kappa shape index (κ1) is 21.7. The Kier molecular flexibility index (Phi) is 7.06. The molecule has 1 atom stereocenters. The molecule has 164 valence electrons. The molecule has 5 rings (SSSR count). The summed E-state index contributed by atoms with van der Waals surface area (Å²) in [6.45, 7) is 6.66. The van der Waals surface area contributed by atoms with Crippen molar-refractivity contribution in [2.45, 2.75) is 76.4 Å². The van der Waals surface area contributed by atoms with Crippen LogP contribution in [-0.4, -0.2) is 62.2 Å². The van der Waals surface area contributed by atoms with E-state index in [0.29, 0.717) is 6.04 Å². The molecule has 1 aliphatic heterocycles. The van der Waals surface area contributed by atoms with Crippen LogP contribution in [0.1, 0.15) is 80.4 Å². The van der Waals surface area contributed by atoms with Gasteiger partial charge in [-0.3, -0.25) is 9.80 Å². The van der Waals surface area contributed by atoms with Crippen LogP contribution in [0.15, 0.2) is 24.3 Å². The van der Waals surface area contributed by atoms with Gasteiger partial charge in [0, 0.05) is 32.2 Å². The Bertz CT molecular complexity index is 786. The Labute approximate surface area is 186 Å². The van der Waals surface area contributed by atoms with Crippen molar-refractivity contribution >= 4 is 12.4 Å². The zero-order valence-corrected chi connectivity index (χ0v) is 18.9. The first-order chi connectivity index (χ1) is 14.3. The molecule has 30 heavy (non-hydrogen) atoms. The van der Waals surface area contributed by atoms with Crippen molar-refractivity contribution in [3.05, 3.63) is 41.2 Å². The molecular weight excluding hydrogens is 396 g/mol. The van der Waals surface area contributed by atoms with Gasteiger partial charge in [0.25, 0.3) is 0 Å². The SMILES string of the molecule is Cc1ccc(C(c2nnnn2C2CCCC2)N2CCN(C3CCCC3)CC2)cc1.Cl. The molecule has 2 heterocycles. The van der Waals surface area contributed by atoms with Gasteiger partial charge in [-0.05, 0) is 48.6 Å². The molecule has 1 aromatic carbocycles. The number of benzene rings is 1. The highest BCUT2D eigenvalue weighted by Crippen LogP contribution is 2.35. The number of nitrogens with zero attached hydrogens (tertiary/aromatic N) is 6. The number of halogens is 1. The molecular formula is C23H35ClN6. The molecule has 1 unspecified atom stereocenters. The second-order valence-corrected chi connectivity index (χ2v) is 9.24. The average molecular weight is 431 g/mol. The maximum atomic E-state index is 4.58. The first-order valence-electron chi connectivity index (χ1n) is 11.6. The number of piperazine rings is 1. The van der Waals surface area contributed by atoms with Gasteiger partial charge in [0.2, 0.25) is 0 Å². The normalized spacial score (nSPS) is 23.0. The minimum Gasteiger partial charge on any atom is -0.298 e. The fraction of sp³-hybridized carbons (Fsp3) is 0.696. The lowest BCUT2D eigenvalue weighted by molar-refractivity contribution is 0.0765. The Morgan fingerprint density at radius 1 is 0.833 bits per heavy atom. The molecule has 3 aliphatic rings. The highest BCUT2D eigenvalue weighted by Gasteiger charge is 2.34. The molecule has 7 heteroatoms. The monoisotopic (exact) mass is 430 g/mol. The number of aryl methyl sites for hydroxylation is 1. The summed E-state index contributed by atoms with van der Waals surface area (Å²) in [5, 5.41) is 13.2. The number of aromatic nitrogens is 4. The van der Waals surface area contributed by atoms with Crippen LogP contribution in [0.3, 0.4) is 0 Å². The van der Waals surface area contributed by atoms with Crippen LogP contribution in [0.5, 0.6) is 0 Å². The highest BCUT2D eigenvalue weighted by molar-refractivity contribution is 5.85. The van der Waals surface area contributed by atoms with E-state index in [0.717, 1.165) is 38.0 Å². The number of rotatable bonds is 5. The van der Waals surface area contributed by atoms with E-state index in [1.165, 1.54) is 62.5 Å².